The van der Waals surface area contributed by atoms with Gasteiger partial charge in [0, 0.05) is 16.7 Å². The van der Waals surface area contributed by atoms with E-state index in [9.17, 15) is 0 Å². The van der Waals surface area contributed by atoms with Crippen molar-refractivity contribution < 1.29 is 0 Å². The van der Waals surface area contributed by atoms with E-state index in [-0.39, 0.29) is 0 Å². The number of fused-ring (bicyclic) bond motifs is 4. The maximum Gasteiger partial charge on any atom is 0.160 e. The van der Waals surface area contributed by atoms with Crippen molar-refractivity contribution in [3.05, 3.63) is 206 Å². The fourth-order valence-electron chi connectivity index (χ4n) is 7.83. The molecule has 0 aliphatic rings. The van der Waals surface area contributed by atoms with Gasteiger partial charge in [-0.1, -0.05) is 188 Å². The van der Waals surface area contributed by atoms with Gasteiger partial charge in [0.15, 0.2) is 5.82 Å². The van der Waals surface area contributed by atoms with Crippen LogP contribution < -0.4 is 0 Å². The molecular formula is C52H34N2. The molecule has 0 unspecified atom stereocenters. The molecule has 0 amide bonds. The Labute approximate surface area is 314 Å². The van der Waals surface area contributed by atoms with Crippen LogP contribution in [-0.4, -0.2) is 9.97 Å². The smallest absolute Gasteiger partial charge is 0.160 e. The Balaban J connectivity index is 1.12. The van der Waals surface area contributed by atoms with Crippen molar-refractivity contribution in [1.82, 2.24) is 9.97 Å². The van der Waals surface area contributed by atoms with E-state index in [0.29, 0.717) is 5.82 Å². The summed E-state index contributed by atoms with van der Waals surface area (Å²) in [7, 11) is 0. The molecule has 2 heteroatoms. The molecule has 0 N–H and O–H groups in total. The maximum atomic E-state index is 5.26. The Hall–Kier alpha value is -7.16. The fraction of sp³-hybridized carbons (Fsp3) is 0. The predicted octanol–water partition coefficient (Wildman–Crippen LogP) is 13.9. The van der Waals surface area contributed by atoms with Gasteiger partial charge in [0.2, 0.25) is 0 Å². The summed E-state index contributed by atoms with van der Waals surface area (Å²) in [5, 5.41) is 7.51. The SMILES string of the molecule is c1ccc(-c2cc(-c3ccc(-c4ccccc4)c(-c4ccccc4)c3)nc(-c3ccc(-c4c5ccccc5cc5c4ccc4ccccc45)cc3)n2)cc1. The van der Waals surface area contributed by atoms with Gasteiger partial charge in [-0.15, -0.1) is 0 Å². The Kier molecular flexibility index (Phi) is 7.85. The molecule has 10 rings (SSSR count). The summed E-state index contributed by atoms with van der Waals surface area (Å²) in [6.45, 7) is 0. The third kappa shape index (κ3) is 5.71. The minimum atomic E-state index is 0.695. The molecule has 0 saturated heterocycles. The van der Waals surface area contributed by atoms with Crippen LogP contribution in [0.15, 0.2) is 206 Å². The van der Waals surface area contributed by atoms with E-state index in [0.717, 1.165) is 28.1 Å². The lowest BCUT2D eigenvalue weighted by Crippen LogP contribution is -1.97. The van der Waals surface area contributed by atoms with E-state index < -0.39 is 0 Å². The van der Waals surface area contributed by atoms with Crippen LogP contribution in [0.4, 0.5) is 0 Å². The highest BCUT2D eigenvalue weighted by molar-refractivity contribution is 6.20. The van der Waals surface area contributed by atoms with Crippen LogP contribution in [0.5, 0.6) is 0 Å². The van der Waals surface area contributed by atoms with Crippen LogP contribution in [0.3, 0.4) is 0 Å². The van der Waals surface area contributed by atoms with Gasteiger partial charge in [0.1, 0.15) is 0 Å². The lowest BCUT2D eigenvalue weighted by Gasteiger charge is -2.15. The summed E-state index contributed by atoms with van der Waals surface area (Å²) in [5.74, 6) is 0.695. The van der Waals surface area contributed by atoms with Crippen LogP contribution in [0, 0.1) is 0 Å². The highest BCUT2D eigenvalue weighted by Gasteiger charge is 2.16. The van der Waals surface area contributed by atoms with Crippen molar-refractivity contribution in [2.24, 2.45) is 0 Å². The monoisotopic (exact) mass is 686 g/mol. The van der Waals surface area contributed by atoms with Gasteiger partial charge < -0.3 is 0 Å². The van der Waals surface area contributed by atoms with Gasteiger partial charge in [0.25, 0.3) is 0 Å². The summed E-state index contributed by atoms with van der Waals surface area (Å²) in [5.41, 5.74) is 11.9. The zero-order valence-corrected chi connectivity index (χ0v) is 29.5. The zero-order chi connectivity index (χ0) is 35.8. The molecule has 0 bridgehead atoms. The Bertz CT molecular complexity index is 2950. The summed E-state index contributed by atoms with van der Waals surface area (Å²) in [6, 6.07) is 73.4. The van der Waals surface area contributed by atoms with Crippen LogP contribution in [0.1, 0.15) is 0 Å². The standard InChI is InChI=1S/C52H34N2/c1-4-14-35(15-5-1)44-30-29-42(33-47(44)36-16-6-2-7-17-36)50-34-49(38-19-8-3-9-20-38)53-52(54-50)40-26-24-39(25-27-40)51-45-23-13-11-21-41(45)32-48-43-22-12-10-18-37(43)28-31-46(48)51/h1-34H. The number of aromatic nitrogens is 2. The first-order valence-electron chi connectivity index (χ1n) is 18.4. The van der Waals surface area contributed by atoms with Crippen LogP contribution in [0.25, 0.3) is 99.6 Å². The summed E-state index contributed by atoms with van der Waals surface area (Å²) >= 11 is 0. The maximum absolute atomic E-state index is 5.26. The van der Waals surface area contributed by atoms with Crippen LogP contribution >= 0.6 is 0 Å². The lowest BCUT2D eigenvalue weighted by atomic mass is 9.89. The van der Waals surface area contributed by atoms with Crippen molar-refractivity contribution in [2.45, 2.75) is 0 Å². The average molecular weight is 687 g/mol. The molecule has 9 aromatic carbocycles. The van der Waals surface area contributed by atoms with E-state index in [2.05, 4.69) is 200 Å². The second kappa shape index (κ2) is 13.4. The normalized spacial score (nSPS) is 11.3. The second-order valence-corrected chi connectivity index (χ2v) is 13.8. The summed E-state index contributed by atoms with van der Waals surface area (Å²) < 4.78 is 0. The Morgan fingerprint density at radius 3 is 1.50 bits per heavy atom. The van der Waals surface area contributed by atoms with E-state index in [1.165, 1.54) is 65.7 Å². The molecule has 54 heavy (non-hydrogen) atoms. The first-order chi connectivity index (χ1) is 26.8. The molecule has 1 heterocycles. The van der Waals surface area contributed by atoms with Crippen molar-refractivity contribution >= 4 is 32.3 Å². The quantitative estimate of drug-likeness (QED) is 0.129. The van der Waals surface area contributed by atoms with Crippen molar-refractivity contribution in [1.29, 1.82) is 0 Å². The second-order valence-electron chi connectivity index (χ2n) is 13.8. The number of hydrogen-bond donors (Lipinski definition) is 0. The fourth-order valence-corrected chi connectivity index (χ4v) is 7.83. The van der Waals surface area contributed by atoms with Gasteiger partial charge >= 0.3 is 0 Å². The number of nitrogens with zero attached hydrogens (tertiary/aromatic N) is 2. The van der Waals surface area contributed by atoms with E-state index in [1.807, 2.05) is 6.07 Å². The van der Waals surface area contributed by atoms with Crippen molar-refractivity contribution in [2.75, 3.05) is 0 Å². The molecule has 252 valence electrons. The molecule has 0 atom stereocenters. The zero-order valence-electron chi connectivity index (χ0n) is 29.5. The first-order valence-corrected chi connectivity index (χ1v) is 18.4. The highest BCUT2D eigenvalue weighted by atomic mass is 14.9. The lowest BCUT2D eigenvalue weighted by molar-refractivity contribution is 1.18. The summed E-state index contributed by atoms with van der Waals surface area (Å²) in [4.78, 5) is 10.4. The first kappa shape index (κ1) is 31.6. The number of benzene rings is 9. The Morgan fingerprint density at radius 1 is 0.259 bits per heavy atom. The van der Waals surface area contributed by atoms with Crippen molar-refractivity contribution in [3.8, 4) is 67.3 Å². The van der Waals surface area contributed by atoms with Gasteiger partial charge in [0.05, 0.1) is 11.4 Å². The topological polar surface area (TPSA) is 25.8 Å². The molecule has 0 aliphatic heterocycles. The van der Waals surface area contributed by atoms with Gasteiger partial charge in [-0.25, -0.2) is 9.97 Å². The van der Waals surface area contributed by atoms with E-state index >= 15 is 0 Å². The molecule has 2 nitrogen and oxygen atoms in total. The molecule has 10 aromatic rings. The molecule has 0 spiro atoms. The molecule has 0 aliphatic carbocycles. The van der Waals surface area contributed by atoms with Gasteiger partial charge in [-0.2, -0.15) is 0 Å². The minimum Gasteiger partial charge on any atom is -0.228 e. The van der Waals surface area contributed by atoms with E-state index in [4.69, 9.17) is 9.97 Å². The third-order valence-corrected chi connectivity index (χ3v) is 10.5. The minimum absolute atomic E-state index is 0.695. The molecular weight excluding hydrogens is 653 g/mol. The number of hydrogen-bond acceptors (Lipinski definition) is 2. The van der Waals surface area contributed by atoms with Gasteiger partial charge in [-0.05, 0) is 83.9 Å². The van der Waals surface area contributed by atoms with Crippen LogP contribution in [0.2, 0.25) is 0 Å². The predicted molar refractivity (Wildman–Crippen MR) is 227 cm³/mol. The Morgan fingerprint density at radius 2 is 0.796 bits per heavy atom. The molecule has 0 saturated carbocycles. The van der Waals surface area contributed by atoms with Crippen LogP contribution in [-0.2, 0) is 0 Å². The third-order valence-electron chi connectivity index (χ3n) is 10.5. The average Bonchev–Trinajstić information content (AvgIpc) is 3.26. The number of rotatable bonds is 6. The molecule has 0 fully saturated rings. The highest BCUT2D eigenvalue weighted by Crippen LogP contribution is 2.41. The molecule has 1 aromatic heterocycles. The van der Waals surface area contributed by atoms with Gasteiger partial charge in [-0.3, -0.25) is 0 Å². The molecule has 0 radical (unpaired) electrons. The van der Waals surface area contributed by atoms with Crippen molar-refractivity contribution in [3.63, 3.8) is 0 Å². The largest absolute Gasteiger partial charge is 0.228 e. The van der Waals surface area contributed by atoms with E-state index in [1.54, 1.807) is 0 Å². The summed E-state index contributed by atoms with van der Waals surface area (Å²) in [6.07, 6.45) is 0.